The first-order valence-electron chi connectivity index (χ1n) is 7.61. The Morgan fingerprint density at radius 3 is 2.80 bits per heavy atom. The highest BCUT2D eigenvalue weighted by Crippen LogP contribution is 2.32. The zero-order valence-corrected chi connectivity index (χ0v) is 14.0. The fourth-order valence-corrected chi connectivity index (χ4v) is 3.27. The predicted octanol–water partition coefficient (Wildman–Crippen LogP) is 0.840. The minimum Gasteiger partial charge on any atom is -0.465 e. The maximum absolute atomic E-state index is 12.0. The average Bonchev–Trinajstić information content (AvgIpc) is 3.23. The maximum atomic E-state index is 12.0. The second-order valence-corrected chi connectivity index (χ2v) is 6.10. The first kappa shape index (κ1) is 16.1. The summed E-state index contributed by atoms with van der Waals surface area (Å²) in [5.41, 5.74) is 1.07. The van der Waals surface area contributed by atoms with Crippen LogP contribution in [0.4, 0.5) is 0 Å². The molecule has 130 valence electrons. The molecule has 0 amide bonds. The van der Waals surface area contributed by atoms with Crippen molar-refractivity contribution in [3.05, 3.63) is 34.6 Å². The largest absolute Gasteiger partial charge is 0.465 e. The third-order valence-electron chi connectivity index (χ3n) is 4.26. The van der Waals surface area contributed by atoms with E-state index in [0.717, 1.165) is 0 Å². The summed E-state index contributed by atoms with van der Waals surface area (Å²) >= 11 is 5.45. The Morgan fingerprint density at radius 2 is 2.08 bits per heavy atom. The molecule has 2 aliphatic rings. The van der Waals surface area contributed by atoms with E-state index in [4.69, 9.17) is 21.7 Å². The van der Waals surface area contributed by atoms with E-state index >= 15 is 0 Å². The van der Waals surface area contributed by atoms with Crippen molar-refractivity contribution in [3.8, 4) is 5.69 Å². The fourth-order valence-electron chi connectivity index (χ4n) is 2.95. The van der Waals surface area contributed by atoms with Crippen molar-refractivity contribution in [2.75, 3.05) is 13.7 Å². The van der Waals surface area contributed by atoms with Crippen LogP contribution in [0.2, 0.25) is 0 Å². The number of nitrogens with zero attached hydrogens (tertiary/aromatic N) is 4. The van der Waals surface area contributed by atoms with Gasteiger partial charge in [0.2, 0.25) is 11.1 Å². The van der Waals surface area contributed by atoms with Crippen LogP contribution in [0, 0.1) is 4.77 Å². The van der Waals surface area contributed by atoms with Gasteiger partial charge in [-0.3, -0.25) is 4.79 Å². The van der Waals surface area contributed by atoms with Crippen molar-refractivity contribution >= 4 is 24.0 Å². The molecule has 0 N–H and O–H groups in total. The number of methoxy groups -OCH3 is 1. The summed E-state index contributed by atoms with van der Waals surface area (Å²) in [7, 11) is 1.32. The number of hydrogen-bond acceptors (Lipinski definition) is 8. The van der Waals surface area contributed by atoms with Crippen LogP contribution < -0.4 is 0 Å². The van der Waals surface area contributed by atoms with Crippen LogP contribution in [-0.4, -0.2) is 57.7 Å². The minimum absolute atomic E-state index is 0.127. The number of aromatic nitrogens is 4. The highest BCUT2D eigenvalue weighted by atomic mass is 32.1. The Kier molecular flexibility index (Phi) is 3.94. The molecule has 9 nitrogen and oxygen atoms in total. The lowest BCUT2D eigenvalue weighted by Gasteiger charge is -2.25. The molecule has 2 saturated heterocycles. The molecule has 2 bridgehead atoms. The van der Waals surface area contributed by atoms with Crippen molar-refractivity contribution in [2.24, 2.45) is 0 Å². The van der Waals surface area contributed by atoms with Crippen molar-refractivity contribution in [2.45, 2.75) is 24.9 Å². The SMILES string of the molecule is COC(=O)c1ccc(-n2nnn([C@H]3CC(=O)[C@H]4OC[C@@H]3O4)c2=S)cc1. The van der Waals surface area contributed by atoms with Crippen molar-refractivity contribution < 1.29 is 23.8 Å². The summed E-state index contributed by atoms with van der Waals surface area (Å²) in [6.07, 6.45) is -0.804. The third-order valence-corrected chi connectivity index (χ3v) is 4.62. The normalized spacial score (nSPS) is 25.2. The molecule has 0 unspecified atom stereocenters. The Labute approximate surface area is 147 Å². The number of carbonyl (C=O) groups excluding carboxylic acids is 2. The summed E-state index contributed by atoms with van der Waals surface area (Å²) in [6.45, 7) is 0.323. The van der Waals surface area contributed by atoms with Crippen LogP contribution in [0.5, 0.6) is 0 Å². The van der Waals surface area contributed by atoms with Gasteiger partial charge in [-0.2, -0.15) is 4.68 Å². The number of ketones is 1. The quantitative estimate of drug-likeness (QED) is 0.585. The Morgan fingerprint density at radius 1 is 1.32 bits per heavy atom. The van der Waals surface area contributed by atoms with Crippen LogP contribution in [0.15, 0.2) is 24.3 Å². The number of Topliss-reactive ketones (excluding diaryl/α,β-unsaturated/α-hetero) is 1. The molecule has 3 atom stereocenters. The van der Waals surface area contributed by atoms with E-state index in [1.165, 1.54) is 16.5 Å². The fraction of sp³-hybridized carbons (Fsp3) is 0.400. The molecule has 0 aliphatic carbocycles. The second-order valence-electron chi connectivity index (χ2n) is 5.73. The van der Waals surface area contributed by atoms with Crippen LogP contribution in [0.25, 0.3) is 5.69 Å². The Bertz CT molecular complexity index is 890. The zero-order valence-electron chi connectivity index (χ0n) is 13.2. The maximum Gasteiger partial charge on any atom is 0.337 e. The lowest BCUT2D eigenvalue weighted by molar-refractivity contribution is -0.156. The van der Waals surface area contributed by atoms with E-state index in [-0.39, 0.29) is 24.3 Å². The highest BCUT2D eigenvalue weighted by Gasteiger charge is 2.45. The van der Waals surface area contributed by atoms with Gasteiger partial charge in [-0.25, -0.2) is 9.48 Å². The van der Waals surface area contributed by atoms with Crippen molar-refractivity contribution in [3.63, 3.8) is 0 Å². The van der Waals surface area contributed by atoms with Crippen molar-refractivity contribution in [1.82, 2.24) is 19.8 Å². The number of hydrogen-bond donors (Lipinski definition) is 0. The molecule has 4 rings (SSSR count). The van der Waals surface area contributed by atoms with Gasteiger partial charge in [0, 0.05) is 6.42 Å². The molecule has 2 fully saturated rings. The highest BCUT2D eigenvalue weighted by molar-refractivity contribution is 7.71. The predicted molar refractivity (Wildman–Crippen MR) is 84.8 cm³/mol. The monoisotopic (exact) mass is 362 g/mol. The van der Waals surface area contributed by atoms with E-state index in [0.29, 0.717) is 22.6 Å². The van der Waals surface area contributed by atoms with Gasteiger partial charge >= 0.3 is 5.97 Å². The van der Waals surface area contributed by atoms with Crippen LogP contribution in [0.1, 0.15) is 22.8 Å². The number of benzene rings is 1. The van der Waals surface area contributed by atoms with E-state index in [1.807, 2.05) is 0 Å². The van der Waals surface area contributed by atoms with E-state index in [9.17, 15) is 9.59 Å². The van der Waals surface area contributed by atoms with Gasteiger partial charge in [0.25, 0.3) is 0 Å². The molecule has 0 spiro atoms. The van der Waals surface area contributed by atoms with Gasteiger partial charge in [0.05, 0.1) is 31.0 Å². The van der Waals surface area contributed by atoms with Gasteiger partial charge in [-0.1, -0.05) is 0 Å². The standard InChI is InChI=1S/C15H14N4O5S/c1-22-13(21)8-2-4-9(5-3-8)18-15(25)19(17-16-18)10-6-11(20)14-23-7-12(10)24-14/h2-5,10,12,14H,6-7H2,1H3/t10-,12-,14-/m0/s1. The summed E-state index contributed by atoms with van der Waals surface area (Å²) < 4.78 is 18.8. The number of rotatable bonds is 3. The van der Waals surface area contributed by atoms with Gasteiger partial charge in [-0.05, 0) is 46.9 Å². The Balaban J connectivity index is 1.64. The van der Waals surface area contributed by atoms with Gasteiger partial charge < -0.3 is 14.2 Å². The number of tetrazole rings is 1. The summed E-state index contributed by atoms with van der Waals surface area (Å²) in [4.78, 5) is 23.5. The smallest absolute Gasteiger partial charge is 0.337 e. The summed E-state index contributed by atoms with van der Waals surface area (Å²) in [5.74, 6) is -0.551. The van der Waals surface area contributed by atoms with Gasteiger partial charge in [0.15, 0.2) is 5.78 Å². The van der Waals surface area contributed by atoms with Crippen LogP contribution in [-0.2, 0) is 19.0 Å². The third kappa shape index (κ3) is 2.68. The molecule has 10 heteroatoms. The van der Waals surface area contributed by atoms with Crippen LogP contribution in [0.3, 0.4) is 0 Å². The molecule has 3 heterocycles. The molecule has 1 aromatic heterocycles. The van der Waals surface area contributed by atoms with Gasteiger partial charge in [-0.15, -0.1) is 0 Å². The molecule has 1 aromatic carbocycles. The molecule has 0 radical (unpaired) electrons. The number of carbonyl (C=O) groups is 2. The summed E-state index contributed by atoms with van der Waals surface area (Å²) in [5, 5.41) is 8.15. The molecular formula is C15H14N4O5S. The first-order chi connectivity index (χ1) is 12.1. The lowest BCUT2D eigenvalue weighted by atomic mass is 10.0. The topological polar surface area (TPSA) is 97.5 Å². The zero-order chi connectivity index (χ0) is 17.6. The van der Waals surface area contributed by atoms with E-state index in [2.05, 4.69) is 15.2 Å². The van der Waals surface area contributed by atoms with Crippen molar-refractivity contribution in [1.29, 1.82) is 0 Å². The lowest BCUT2D eigenvalue weighted by Crippen LogP contribution is -2.37. The minimum atomic E-state index is -0.767. The molecule has 2 aliphatic heterocycles. The molecule has 0 saturated carbocycles. The first-order valence-corrected chi connectivity index (χ1v) is 8.02. The molecule has 25 heavy (non-hydrogen) atoms. The van der Waals surface area contributed by atoms with Gasteiger partial charge in [0.1, 0.15) is 6.10 Å². The number of fused-ring (bicyclic) bond motifs is 2. The average molecular weight is 362 g/mol. The second kappa shape index (κ2) is 6.14. The van der Waals surface area contributed by atoms with Crippen LogP contribution >= 0.6 is 12.2 Å². The van der Waals surface area contributed by atoms with E-state index in [1.54, 1.807) is 24.3 Å². The summed E-state index contributed by atoms with van der Waals surface area (Å²) in [6, 6.07) is 6.27. The molecular weight excluding hydrogens is 348 g/mol. The van der Waals surface area contributed by atoms with E-state index < -0.39 is 12.3 Å². The number of esters is 1. The Hall–Kier alpha value is -2.43. The molecule has 2 aromatic rings. The number of ether oxygens (including phenoxy) is 3.